The van der Waals surface area contributed by atoms with Crippen LogP contribution in [0.4, 0.5) is 17.1 Å². The molecular formula is C67H44N2. The molecule has 0 saturated carbocycles. The Morgan fingerprint density at radius 2 is 0.797 bits per heavy atom. The molecule has 0 amide bonds. The van der Waals surface area contributed by atoms with Crippen LogP contribution in [0.3, 0.4) is 0 Å². The summed E-state index contributed by atoms with van der Waals surface area (Å²) in [7, 11) is 0. The van der Waals surface area contributed by atoms with Gasteiger partial charge in [-0.2, -0.15) is 0 Å². The number of hydrogen-bond donors (Lipinski definition) is 0. The zero-order valence-electron chi connectivity index (χ0n) is 37.8. The molecule has 1 aromatic heterocycles. The fourth-order valence-corrected chi connectivity index (χ4v) is 11.9. The van der Waals surface area contributed by atoms with Crippen LogP contribution in [0.15, 0.2) is 267 Å². The standard InChI is InChI=1S/C67H44N2/c1-3-18-45(19-4-1)47-36-38-48(39-37-47)49-40-42-52(43-41-49)68(61-32-12-8-24-53(61)51-23-15-22-50(44-51)46-20-5-2-6-21-46)64-35-17-30-59-65(64)56-26-7-10-28-57(56)67(59)58-29-11-14-34-63(58)69-62-33-13-9-25-54(62)55-27-16-31-60(67)66(55)69/h1-44H. The van der Waals surface area contributed by atoms with Gasteiger partial charge in [-0.15, -0.1) is 0 Å². The zero-order valence-corrected chi connectivity index (χ0v) is 37.8. The van der Waals surface area contributed by atoms with E-state index in [-0.39, 0.29) is 0 Å². The number of fused-ring (bicyclic) bond motifs is 12. The Kier molecular flexibility index (Phi) is 8.84. The van der Waals surface area contributed by atoms with Gasteiger partial charge in [-0.3, -0.25) is 0 Å². The molecule has 0 bridgehead atoms. The lowest BCUT2D eigenvalue weighted by molar-refractivity contribution is 0.748. The molecule has 14 rings (SSSR count). The second kappa shape index (κ2) is 15.6. The van der Waals surface area contributed by atoms with Crippen molar-refractivity contribution in [2.24, 2.45) is 0 Å². The minimum Gasteiger partial charge on any atom is -0.309 e. The number of benzene rings is 11. The molecule has 2 nitrogen and oxygen atoms in total. The van der Waals surface area contributed by atoms with Crippen molar-refractivity contribution < 1.29 is 0 Å². The summed E-state index contributed by atoms with van der Waals surface area (Å²) >= 11 is 0. The summed E-state index contributed by atoms with van der Waals surface area (Å²) in [5.41, 5.74) is 23.7. The fourth-order valence-electron chi connectivity index (χ4n) is 11.9. The lowest BCUT2D eigenvalue weighted by atomic mass is 9.65. The highest BCUT2D eigenvalue weighted by molar-refractivity contribution is 6.13. The molecule has 1 aliphatic heterocycles. The first-order valence-corrected chi connectivity index (χ1v) is 23.9. The molecule has 2 heterocycles. The predicted octanol–water partition coefficient (Wildman–Crippen LogP) is 17.6. The van der Waals surface area contributed by atoms with Crippen LogP contribution in [0, 0.1) is 0 Å². The van der Waals surface area contributed by atoms with Crippen molar-refractivity contribution in [1.29, 1.82) is 0 Å². The van der Waals surface area contributed by atoms with E-state index in [2.05, 4.69) is 276 Å². The van der Waals surface area contributed by atoms with Crippen molar-refractivity contribution in [1.82, 2.24) is 4.57 Å². The smallest absolute Gasteiger partial charge is 0.0755 e. The lowest BCUT2D eigenvalue weighted by Crippen LogP contribution is -2.33. The second-order valence-electron chi connectivity index (χ2n) is 18.4. The highest BCUT2D eigenvalue weighted by Gasteiger charge is 2.51. The molecular weight excluding hydrogens is 833 g/mol. The minimum atomic E-state index is -0.576. The van der Waals surface area contributed by atoms with Gasteiger partial charge in [0.15, 0.2) is 0 Å². The van der Waals surface area contributed by atoms with E-state index < -0.39 is 5.41 Å². The Morgan fingerprint density at radius 1 is 0.304 bits per heavy atom. The Morgan fingerprint density at radius 3 is 1.57 bits per heavy atom. The van der Waals surface area contributed by atoms with E-state index in [4.69, 9.17) is 0 Å². The first-order valence-electron chi connectivity index (χ1n) is 23.9. The molecule has 322 valence electrons. The molecule has 0 N–H and O–H groups in total. The normalized spacial score (nSPS) is 14.1. The largest absolute Gasteiger partial charge is 0.309 e. The van der Waals surface area contributed by atoms with E-state index in [9.17, 15) is 0 Å². The van der Waals surface area contributed by atoms with Crippen LogP contribution in [0.1, 0.15) is 22.3 Å². The van der Waals surface area contributed by atoms with Crippen molar-refractivity contribution in [3.63, 3.8) is 0 Å². The van der Waals surface area contributed by atoms with Crippen LogP contribution >= 0.6 is 0 Å². The van der Waals surface area contributed by atoms with Crippen molar-refractivity contribution in [3.8, 4) is 61.3 Å². The summed E-state index contributed by atoms with van der Waals surface area (Å²) in [6, 6.07) is 98.6. The maximum Gasteiger partial charge on any atom is 0.0755 e. The molecule has 69 heavy (non-hydrogen) atoms. The maximum absolute atomic E-state index is 2.52. The number of hydrogen-bond acceptors (Lipinski definition) is 1. The quantitative estimate of drug-likeness (QED) is 0.155. The van der Waals surface area contributed by atoms with Crippen molar-refractivity contribution in [2.75, 3.05) is 4.90 Å². The highest BCUT2D eigenvalue weighted by Crippen LogP contribution is 2.63. The van der Waals surface area contributed by atoms with E-state index in [1.165, 1.54) is 94.3 Å². The number of anilines is 3. The molecule has 0 radical (unpaired) electrons. The molecule has 2 aliphatic rings. The van der Waals surface area contributed by atoms with Gasteiger partial charge in [-0.1, -0.05) is 224 Å². The van der Waals surface area contributed by atoms with E-state index >= 15 is 0 Å². The van der Waals surface area contributed by atoms with Gasteiger partial charge < -0.3 is 9.47 Å². The van der Waals surface area contributed by atoms with Gasteiger partial charge in [0.05, 0.1) is 33.5 Å². The third-order valence-corrected chi connectivity index (χ3v) is 14.8. The first kappa shape index (κ1) is 39.2. The minimum absolute atomic E-state index is 0.576. The molecule has 1 unspecified atom stereocenters. The Balaban J connectivity index is 1.01. The summed E-state index contributed by atoms with van der Waals surface area (Å²) < 4.78 is 2.52. The van der Waals surface area contributed by atoms with Gasteiger partial charge in [0.25, 0.3) is 0 Å². The zero-order chi connectivity index (χ0) is 45.5. The Labute approximate surface area is 402 Å². The van der Waals surface area contributed by atoms with E-state index in [0.29, 0.717) is 0 Å². The molecule has 11 aromatic carbocycles. The van der Waals surface area contributed by atoms with Crippen molar-refractivity contribution >= 4 is 38.9 Å². The summed E-state index contributed by atoms with van der Waals surface area (Å²) in [5, 5.41) is 2.55. The number of rotatable bonds is 7. The van der Waals surface area contributed by atoms with Gasteiger partial charge in [-0.25, -0.2) is 0 Å². The van der Waals surface area contributed by atoms with Crippen LogP contribution in [-0.2, 0) is 5.41 Å². The first-order chi connectivity index (χ1) is 34.3. The van der Waals surface area contributed by atoms with Crippen LogP contribution in [0.5, 0.6) is 0 Å². The van der Waals surface area contributed by atoms with Gasteiger partial charge in [0.1, 0.15) is 0 Å². The van der Waals surface area contributed by atoms with Crippen LogP contribution in [0.2, 0.25) is 0 Å². The maximum atomic E-state index is 2.52. The molecule has 1 spiro atoms. The number of para-hydroxylation sites is 4. The third-order valence-electron chi connectivity index (χ3n) is 14.8. The van der Waals surface area contributed by atoms with Gasteiger partial charge in [0.2, 0.25) is 0 Å². The lowest BCUT2D eigenvalue weighted by Gasteiger charge is -2.39. The fraction of sp³-hybridized carbons (Fsp3) is 0.0149. The molecule has 1 aliphatic carbocycles. The van der Waals surface area contributed by atoms with Gasteiger partial charge in [0, 0.05) is 27.6 Å². The highest BCUT2D eigenvalue weighted by atomic mass is 15.1. The van der Waals surface area contributed by atoms with Crippen LogP contribution in [0.25, 0.3) is 83.1 Å². The average Bonchev–Trinajstić information content (AvgIpc) is 3.93. The Bertz CT molecular complexity index is 3940. The number of nitrogens with zero attached hydrogens (tertiary/aromatic N) is 2. The second-order valence-corrected chi connectivity index (χ2v) is 18.4. The SMILES string of the molecule is c1ccc(-c2ccc(-c3ccc(N(c4ccccc4-c4cccc(-c5ccccc5)c4)c4cccc5c4-c4ccccc4C54c5ccccc5-n5c6ccccc6c6cccc4c65)cc3)cc2)cc1. The summed E-state index contributed by atoms with van der Waals surface area (Å²) in [6.07, 6.45) is 0. The summed E-state index contributed by atoms with van der Waals surface area (Å²) in [5.74, 6) is 0. The van der Waals surface area contributed by atoms with Crippen molar-refractivity contribution in [3.05, 3.63) is 289 Å². The molecule has 12 aromatic rings. The topological polar surface area (TPSA) is 8.17 Å². The number of aromatic nitrogens is 1. The van der Waals surface area contributed by atoms with Crippen molar-refractivity contribution in [2.45, 2.75) is 5.41 Å². The Hall–Kier alpha value is -8.98. The summed E-state index contributed by atoms with van der Waals surface area (Å²) in [6.45, 7) is 0. The summed E-state index contributed by atoms with van der Waals surface area (Å²) in [4.78, 5) is 2.52. The molecule has 2 heteroatoms. The van der Waals surface area contributed by atoms with Crippen LogP contribution < -0.4 is 4.90 Å². The average molecular weight is 877 g/mol. The van der Waals surface area contributed by atoms with E-state index in [1.54, 1.807) is 0 Å². The van der Waals surface area contributed by atoms with E-state index in [0.717, 1.165) is 28.2 Å². The third kappa shape index (κ3) is 5.86. The molecule has 1 atom stereocenters. The molecule has 0 fully saturated rings. The molecule has 0 saturated heterocycles. The predicted molar refractivity (Wildman–Crippen MR) is 288 cm³/mol. The van der Waals surface area contributed by atoms with Crippen LogP contribution in [-0.4, -0.2) is 4.57 Å². The van der Waals surface area contributed by atoms with E-state index in [1.807, 2.05) is 0 Å². The monoisotopic (exact) mass is 876 g/mol. The van der Waals surface area contributed by atoms with Gasteiger partial charge >= 0.3 is 0 Å². The van der Waals surface area contributed by atoms with Gasteiger partial charge in [-0.05, 0) is 109 Å².